The molecule has 122 valence electrons. The van der Waals surface area contributed by atoms with Gasteiger partial charge in [0.05, 0.1) is 18.6 Å². The van der Waals surface area contributed by atoms with Crippen molar-refractivity contribution < 1.29 is 14.3 Å². The number of anilines is 1. The number of fused-ring (bicyclic) bond motifs is 1. The van der Waals surface area contributed by atoms with Crippen molar-refractivity contribution in [2.45, 2.75) is 0 Å². The Morgan fingerprint density at radius 1 is 1.30 bits per heavy atom. The normalized spacial score (nSPS) is 15.5. The first-order chi connectivity index (χ1) is 11.2. The second-order valence-corrected chi connectivity index (χ2v) is 5.14. The summed E-state index contributed by atoms with van der Waals surface area (Å²) < 4.78 is 5.25. The molecule has 3 heterocycles. The maximum Gasteiger partial charge on any atom is 0.314 e. The zero-order valence-corrected chi connectivity index (χ0v) is 12.5. The number of ether oxygens (including phenoxy) is 1. The van der Waals surface area contributed by atoms with Gasteiger partial charge in [-0.1, -0.05) is 0 Å². The Bertz CT molecular complexity index is 695. The van der Waals surface area contributed by atoms with Crippen LogP contribution in [0.15, 0.2) is 18.3 Å². The van der Waals surface area contributed by atoms with Crippen LogP contribution in [-0.4, -0.2) is 71.3 Å². The quantitative estimate of drug-likeness (QED) is 0.646. The van der Waals surface area contributed by atoms with E-state index in [1.54, 1.807) is 18.3 Å². The third kappa shape index (κ3) is 3.82. The van der Waals surface area contributed by atoms with E-state index in [2.05, 4.69) is 30.7 Å². The molecule has 1 fully saturated rings. The van der Waals surface area contributed by atoms with Gasteiger partial charge in [-0.2, -0.15) is 5.10 Å². The zero-order chi connectivity index (χ0) is 16.1. The minimum atomic E-state index is -0.735. The van der Waals surface area contributed by atoms with Crippen molar-refractivity contribution in [2.24, 2.45) is 0 Å². The molecule has 0 radical (unpaired) electrons. The lowest BCUT2D eigenvalue weighted by Crippen LogP contribution is -2.43. The molecule has 23 heavy (non-hydrogen) atoms. The highest BCUT2D eigenvalue weighted by molar-refractivity contribution is 6.40. The molecule has 3 rings (SSSR count). The first-order valence-corrected chi connectivity index (χ1v) is 7.42. The number of hydrogen-bond donors (Lipinski definition) is 3. The second kappa shape index (κ2) is 7.16. The molecule has 0 unspecified atom stereocenters. The van der Waals surface area contributed by atoms with Gasteiger partial charge in [-0.3, -0.25) is 19.6 Å². The molecular formula is C14H18N6O3. The Hall–Kier alpha value is -2.52. The van der Waals surface area contributed by atoms with Crippen LogP contribution in [0, 0.1) is 0 Å². The standard InChI is InChI=1S/C14H18N6O3/c21-13(16-4-5-20-6-8-23-9-7-20)14(22)17-12-10-2-1-3-15-11(10)18-19-12/h1-3H,4-9H2,(H,16,21)(H2,15,17,18,19,22). The monoisotopic (exact) mass is 318 g/mol. The highest BCUT2D eigenvalue weighted by Gasteiger charge is 2.17. The van der Waals surface area contributed by atoms with E-state index in [4.69, 9.17) is 4.74 Å². The number of morpholine rings is 1. The minimum absolute atomic E-state index is 0.362. The van der Waals surface area contributed by atoms with Crippen LogP contribution in [0.3, 0.4) is 0 Å². The van der Waals surface area contributed by atoms with Crippen molar-refractivity contribution in [3.63, 3.8) is 0 Å². The number of carbonyl (C=O) groups is 2. The second-order valence-electron chi connectivity index (χ2n) is 5.14. The van der Waals surface area contributed by atoms with Crippen molar-refractivity contribution >= 4 is 28.7 Å². The average Bonchev–Trinajstić information content (AvgIpc) is 2.99. The Balaban J connectivity index is 1.48. The molecule has 2 aromatic heterocycles. The molecule has 0 aliphatic carbocycles. The van der Waals surface area contributed by atoms with Gasteiger partial charge in [0.15, 0.2) is 5.65 Å². The number of aromatic amines is 1. The van der Waals surface area contributed by atoms with Gasteiger partial charge in [0.1, 0.15) is 5.82 Å². The van der Waals surface area contributed by atoms with Crippen LogP contribution in [0.1, 0.15) is 0 Å². The summed E-state index contributed by atoms with van der Waals surface area (Å²) in [6, 6.07) is 3.49. The van der Waals surface area contributed by atoms with Crippen LogP contribution in [0.4, 0.5) is 5.82 Å². The van der Waals surface area contributed by atoms with Crippen molar-refractivity contribution in [3.05, 3.63) is 18.3 Å². The van der Waals surface area contributed by atoms with E-state index in [-0.39, 0.29) is 0 Å². The molecule has 1 aliphatic rings. The lowest BCUT2D eigenvalue weighted by atomic mass is 10.3. The molecule has 0 aromatic carbocycles. The van der Waals surface area contributed by atoms with E-state index in [9.17, 15) is 9.59 Å². The number of nitrogens with zero attached hydrogens (tertiary/aromatic N) is 3. The van der Waals surface area contributed by atoms with E-state index in [1.807, 2.05) is 0 Å². The number of rotatable bonds is 4. The summed E-state index contributed by atoms with van der Waals surface area (Å²) in [6.45, 7) is 4.20. The third-order valence-electron chi connectivity index (χ3n) is 3.59. The predicted molar refractivity (Wildman–Crippen MR) is 82.8 cm³/mol. The van der Waals surface area contributed by atoms with Crippen molar-refractivity contribution in [1.29, 1.82) is 0 Å². The lowest BCUT2D eigenvalue weighted by Gasteiger charge is -2.26. The predicted octanol–water partition coefficient (Wildman–Crippen LogP) is -0.655. The Morgan fingerprint density at radius 2 is 2.13 bits per heavy atom. The summed E-state index contributed by atoms with van der Waals surface area (Å²) in [7, 11) is 0. The third-order valence-corrected chi connectivity index (χ3v) is 3.59. The molecule has 0 saturated carbocycles. The van der Waals surface area contributed by atoms with Gasteiger partial charge in [0.2, 0.25) is 0 Å². The molecule has 0 spiro atoms. The van der Waals surface area contributed by atoms with E-state index >= 15 is 0 Å². The number of carbonyl (C=O) groups excluding carboxylic acids is 2. The molecule has 9 nitrogen and oxygen atoms in total. The Morgan fingerprint density at radius 3 is 2.96 bits per heavy atom. The number of nitrogens with one attached hydrogen (secondary N) is 3. The molecule has 1 aliphatic heterocycles. The first kappa shape index (κ1) is 15.4. The van der Waals surface area contributed by atoms with Crippen molar-refractivity contribution in [2.75, 3.05) is 44.7 Å². The van der Waals surface area contributed by atoms with E-state index < -0.39 is 11.8 Å². The van der Waals surface area contributed by atoms with Gasteiger partial charge in [0.25, 0.3) is 0 Å². The SMILES string of the molecule is O=C(NCCN1CCOCC1)C(=O)Nc1[nH]nc2ncccc12. The zero-order valence-electron chi connectivity index (χ0n) is 12.5. The molecule has 2 aromatic rings. The fraction of sp³-hybridized carbons (Fsp3) is 0.429. The number of hydrogen-bond acceptors (Lipinski definition) is 6. The molecule has 2 amide bonds. The lowest BCUT2D eigenvalue weighted by molar-refractivity contribution is -0.136. The van der Waals surface area contributed by atoms with Crippen LogP contribution in [0.5, 0.6) is 0 Å². The number of amides is 2. The van der Waals surface area contributed by atoms with Gasteiger partial charge in [-0.15, -0.1) is 0 Å². The van der Waals surface area contributed by atoms with Crippen LogP contribution in [-0.2, 0) is 14.3 Å². The van der Waals surface area contributed by atoms with Crippen molar-refractivity contribution in [3.8, 4) is 0 Å². The van der Waals surface area contributed by atoms with Crippen LogP contribution in [0.2, 0.25) is 0 Å². The average molecular weight is 318 g/mol. The maximum atomic E-state index is 11.9. The van der Waals surface area contributed by atoms with E-state index in [0.29, 0.717) is 43.2 Å². The number of H-pyrrole nitrogens is 1. The highest BCUT2D eigenvalue weighted by Crippen LogP contribution is 2.17. The molecule has 0 bridgehead atoms. The summed E-state index contributed by atoms with van der Waals surface area (Å²) in [6.07, 6.45) is 1.60. The van der Waals surface area contributed by atoms with Gasteiger partial charge in [-0.05, 0) is 12.1 Å². The molecule has 3 N–H and O–H groups in total. The highest BCUT2D eigenvalue weighted by atomic mass is 16.5. The summed E-state index contributed by atoms with van der Waals surface area (Å²) in [5.74, 6) is -1.05. The van der Waals surface area contributed by atoms with Gasteiger partial charge in [-0.25, -0.2) is 4.98 Å². The van der Waals surface area contributed by atoms with Gasteiger partial charge >= 0.3 is 11.8 Å². The van der Waals surface area contributed by atoms with Crippen LogP contribution < -0.4 is 10.6 Å². The minimum Gasteiger partial charge on any atom is -0.379 e. The molecular weight excluding hydrogens is 300 g/mol. The fourth-order valence-electron chi connectivity index (χ4n) is 2.35. The van der Waals surface area contributed by atoms with Crippen LogP contribution in [0.25, 0.3) is 11.0 Å². The van der Waals surface area contributed by atoms with Gasteiger partial charge < -0.3 is 15.4 Å². The number of aromatic nitrogens is 3. The van der Waals surface area contributed by atoms with E-state index in [1.165, 1.54) is 0 Å². The summed E-state index contributed by atoms with van der Waals surface area (Å²) in [5, 5.41) is 12.4. The maximum absolute atomic E-state index is 11.9. The van der Waals surface area contributed by atoms with Crippen molar-refractivity contribution in [1.82, 2.24) is 25.4 Å². The fourth-order valence-corrected chi connectivity index (χ4v) is 2.35. The molecule has 9 heteroatoms. The Labute approximate surface area is 132 Å². The smallest absolute Gasteiger partial charge is 0.314 e. The van der Waals surface area contributed by atoms with Crippen LogP contribution >= 0.6 is 0 Å². The molecule has 0 atom stereocenters. The Kier molecular flexibility index (Phi) is 4.79. The molecule has 1 saturated heterocycles. The van der Waals surface area contributed by atoms with E-state index in [0.717, 1.165) is 13.1 Å². The summed E-state index contributed by atoms with van der Waals surface area (Å²) in [5.41, 5.74) is 0.482. The number of pyridine rings is 1. The topological polar surface area (TPSA) is 112 Å². The largest absolute Gasteiger partial charge is 0.379 e. The van der Waals surface area contributed by atoms with Gasteiger partial charge in [0, 0.05) is 32.4 Å². The summed E-state index contributed by atoms with van der Waals surface area (Å²) >= 11 is 0. The first-order valence-electron chi connectivity index (χ1n) is 7.42. The summed E-state index contributed by atoms with van der Waals surface area (Å²) in [4.78, 5) is 30.0.